The van der Waals surface area contributed by atoms with Crippen molar-refractivity contribution in [1.82, 2.24) is 0 Å². The fourth-order valence-electron chi connectivity index (χ4n) is 2.25. The SMILES string of the molecule is Cc1oc(=O)c2ccccc2c1[Si](C)(C)C. The maximum Gasteiger partial charge on any atom is 0.343 e. The lowest BCUT2D eigenvalue weighted by Crippen LogP contribution is -2.41. The van der Waals surface area contributed by atoms with E-state index in [2.05, 4.69) is 19.6 Å². The topological polar surface area (TPSA) is 30.2 Å². The smallest absolute Gasteiger partial charge is 0.343 e. The van der Waals surface area contributed by atoms with Crippen molar-refractivity contribution < 1.29 is 4.42 Å². The molecule has 0 radical (unpaired) electrons. The average molecular weight is 232 g/mol. The van der Waals surface area contributed by atoms with Crippen LogP contribution in [0.15, 0.2) is 33.5 Å². The lowest BCUT2D eigenvalue weighted by Gasteiger charge is -2.20. The number of hydrogen-bond donors (Lipinski definition) is 0. The molecule has 0 saturated carbocycles. The van der Waals surface area contributed by atoms with Gasteiger partial charge in [0, 0.05) is 0 Å². The zero-order valence-electron chi connectivity index (χ0n) is 10.1. The molecule has 0 aliphatic heterocycles. The van der Waals surface area contributed by atoms with E-state index in [1.807, 2.05) is 31.2 Å². The Morgan fingerprint density at radius 1 is 1.06 bits per heavy atom. The molecule has 2 aromatic rings. The zero-order valence-corrected chi connectivity index (χ0v) is 11.1. The Morgan fingerprint density at radius 2 is 1.62 bits per heavy atom. The van der Waals surface area contributed by atoms with Crippen LogP contribution in [-0.4, -0.2) is 8.07 Å². The highest BCUT2D eigenvalue weighted by Crippen LogP contribution is 2.15. The van der Waals surface area contributed by atoms with Crippen molar-refractivity contribution in [2.45, 2.75) is 26.6 Å². The van der Waals surface area contributed by atoms with Crippen LogP contribution in [0.5, 0.6) is 0 Å². The molecule has 0 amide bonds. The predicted octanol–water partition coefficient (Wildman–Crippen LogP) is 2.65. The third-order valence-electron chi connectivity index (χ3n) is 2.76. The van der Waals surface area contributed by atoms with E-state index in [9.17, 15) is 4.79 Å². The van der Waals surface area contributed by atoms with Gasteiger partial charge in [0.25, 0.3) is 0 Å². The number of hydrogen-bond acceptors (Lipinski definition) is 2. The summed E-state index contributed by atoms with van der Waals surface area (Å²) in [5, 5.41) is 3.02. The van der Waals surface area contributed by atoms with Crippen LogP contribution in [0.3, 0.4) is 0 Å². The summed E-state index contributed by atoms with van der Waals surface area (Å²) >= 11 is 0. The van der Waals surface area contributed by atoms with Crippen molar-refractivity contribution in [3.8, 4) is 0 Å². The number of rotatable bonds is 1. The first-order valence-electron chi connectivity index (χ1n) is 5.44. The molecule has 0 aliphatic carbocycles. The summed E-state index contributed by atoms with van der Waals surface area (Å²) in [5.41, 5.74) is -0.227. The molecular formula is C13H16O2Si. The molecule has 2 rings (SSSR count). The monoisotopic (exact) mass is 232 g/mol. The standard InChI is InChI=1S/C13H16O2Si/c1-9-12(16(2,3)4)10-7-5-6-8-11(10)13(14)15-9/h5-8H,1-4H3. The molecule has 0 bridgehead atoms. The quantitative estimate of drug-likeness (QED) is 0.708. The van der Waals surface area contributed by atoms with Gasteiger partial charge >= 0.3 is 5.63 Å². The maximum atomic E-state index is 11.7. The second-order valence-electron chi connectivity index (χ2n) is 5.12. The van der Waals surface area contributed by atoms with Crippen molar-refractivity contribution in [2.24, 2.45) is 0 Å². The van der Waals surface area contributed by atoms with Crippen molar-refractivity contribution in [3.63, 3.8) is 0 Å². The number of aryl methyl sites for hydroxylation is 1. The van der Waals surface area contributed by atoms with Gasteiger partial charge < -0.3 is 4.42 Å². The minimum Gasteiger partial charge on any atom is -0.428 e. The van der Waals surface area contributed by atoms with E-state index >= 15 is 0 Å². The van der Waals surface area contributed by atoms with Gasteiger partial charge in [-0.1, -0.05) is 37.8 Å². The van der Waals surface area contributed by atoms with Crippen LogP contribution < -0.4 is 10.8 Å². The van der Waals surface area contributed by atoms with E-state index in [0.717, 1.165) is 11.1 Å². The largest absolute Gasteiger partial charge is 0.428 e. The Hall–Kier alpha value is -1.35. The molecule has 3 heteroatoms. The Kier molecular flexibility index (Phi) is 2.50. The van der Waals surface area contributed by atoms with Gasteiger partial charge in [0.2, 0.25) is 0 Å². The van der Waals surface area contributed by atoms with Crippen LogP contribution in [0.2, 0.25) is 19.6 Å². The van der Waals surface area contributed by atoms with Crippen LogP contribution in [-0.2, 0) is 0 Å². The summed E-state index contributed by atoms with van der Waals surface area (Å²) in [6, 6.07) is 7.71. The molecule has 0 spiro atoms. The zero-order chi connectivity index (χ0) is 11.9. The number of benzene rings is 1. The average Bonchev–Trinajstić information content (AvgIpc) is 2.15. The van der Waals surface area contributed by atoms with Gasteiger partial charge in [0.1, 0.15) is 5.76 Å². The molecule has 1 aromatic carbocycles. The summed E-state index contributed by atoms with van der Waals surface area (Å²) in [7, 11) is -1.50. The minimum atomic E-state index is -1.50. The predicted molar refractivity (Wildman–Crippen MR) is 70.2 cm³/mol. The van der Waals surface area contributed by atoms with E-state index in [4.69, 9.17) is 4.42 Å². The molecule has 0 unspecified atom stereocenters. The number of fused-ring (bicyclic) bond motifs is 1. The van der Waals surface area contributed by atoms with E-state index in [1.165, 1.54) is 5.19 Å². The van der Waals surface area contributed by atoms with Gasteiger partial charge in [-0.25, -0.2) is 4.79 Å². The van der Waals surface area contributed by atoms with Gasteiger partial charge in [-0.05, 0) is 23.6 Å². The molecule has 0 N–H and O–H groups in total. The van der Waals surface area contributed by atoms with Gasteiger partial charge in [-0.3, -0.25) is 0 Å². The molecular weight excluding hydrogens is 216 g/mol. The fourth-order valence-corrected chi connectivity index (χ4v) is 4.38. The first-order valence-corrected chi connectivity index (χ1v) is 8.94. The van der Waals surface area contributed by atoms with E-state index < -0.39 is 8.07 Å². The molecule has 1 aromatic heterocycles. The summed E-state index contributed by atoms with van der Waals surface area (Å²) in [6.45, 7) is 8.69. The lowest BCUT2D eigenvalue weighted by atomic mass is 10.2. The normalized spacial score (nSPS) is 12.0. The van der Waals surface area contributed by atoms with Crippen molar-refractivity contribution in [3.05, 3.63) is 40.4 Å². The van der Waals surface area contributed by atoms with E-state index in [0.29, 0.717) is 5.39 Å². The Labute approximate surface area is 95.9 Å². The molecule has 16 heavy (non-hydrogen) atoms. The van der Waals surface area contributed by atoms with Crippen LogP contribution in [0.25, 0.3) is 10.8 Å². The highest BCUT2D eigenvalue weighted by molar-refractivity contribution is 6.90. The van der Waals surface area contributed by atoms with Crippen molar-refractivity contribution >= 4 is 24.0 Å². The molecule has 0 fully saturated rings. The van der Waals surface area contributed by atoms with Gasteiger partial charge in [0.15, 0.2) is 0 Å². The highest BCUT2D eigenvalue weighted by Gasteiger charge is 2.23. The van der Waals surface area contributed by atoms with Crippen LogP contribution in [0.1, 0.15) is 5.76 Å². The molecule has 0 aliphatic rings. The maximum absolute atomic E-state index is 11.7. The first kappa shape index (κ1) is 11.1. The first-order chi connectivity index (χ1) is 7.41. The Balaban J connectivity index is 2.99. The van der Waals surface area contributed by atoms with Crippen LogP contribution in [0, 0.1) is 6.92 Å². The van der Waals surface area contributed by atoms with Gasteiger partial charge in [-0.2, -0.15) is 0 Å². The Bertz CT molecular complexity index is 591. The molecule has 84 valence electrons. The fraction of sp³-hybridized carbons (Fsp3) is 0.308. The Morgan fingerprint density at radius 3 is 2.19 bits per heavy atom. The molecule has 2 nitrogen and oxygen atoms in total. The molecule has 0 atom stereocenters. The van der Waals surface area contributed by atoms with Crippen molar-refractivity contribution in [2.75, 3.05) is 0 Å². The lowest BCUT2D eigenvalue weighted by molar-refractivity contribution is 0.492. The summed E-state index contributed by atoms with van der Waals surface area (Å²) in [4.78, 5) is 11.7. The minimum absolute atomic E-state index is 0.227. The summed E-state index contributed by atoms with van der Waals surface area (Å²) < 4.78 is 5.33. The van der Waals surface area contributed by atoms with Crippen LogP contribution >= 0.6 is 0 Å². The summed E-state index contributed by atoms with van der Waals surface area (Å²) in [6.07, 6.45) is 0. The summed E-state index contributed by atoms with van der Waals surface area (Å²) in [5.74, 6) is 0.780. The van der Waals surface area contributed by atoms with E-state index in [-0.39, 0.29) is 5.63 Å². The van der Waals surface area contributed by atoms with Crippen molar-refractivity contribution in [1.29, 1.82) is 0 Å². The third kappa shape index (κ3) is 1.71. The van der Waals surface area contributed by atoms with Gasteiger partial charge in [-0.15, -0.1) is 0 Å². The highest BCUT2D eigenvalue weighted by atomic mass is 28.3. The molecule has 0 saturated heterocycles. The van der Waals surface area contributed by atoms with Crippen LogP contribution in [0.4, 0.5) is 0 Å². The second kappa shape index (κ2) is 3.59. The second-order valence-corrected chi connectivity index (χ2v) is 10.1. The van der Waals surface area contributed by atoms with Gasteiger partial charge in [0.05, 0.1) is 13.5 Å². The molecule has 1 heterocycles. The third-order valence-corrected chi connectivity index (χ3v) is 4.89. The van der Waals surface area contributed by atoms with E-state index in [1.54, 1.807) is 0 Å².